The average molecular weight is 314 g/mol. The lowest BCUT2D eigenvalue weighted by atomic mass is 10.1. The third-order valence-electron chi connectivity index (χ3n) is 2.92. The third-order valence-corrected chi connectivity index (χ3v) is 3.44. The molecular formula is C12H12BrNO4. The molecular weight excluding hydrogens is 302 g/mol. The number of hydrogen-bond donors (Lipinski definition) is 2. The standard InChI is InChI=1S/C12H12BrNO4/c13-8-3-1-7(2-4-8)11(16)14-6-9(15)5-10(14)12(17)18/h1-4,9-10,15H,5-6H2,(H,17,18). The van der Waals surface area contributed by atoms with Crippen molar-refractivity contribution in [2.24, 2.45) is 0 Å². The van der Waals surface area contributed by atoms with E-state index in [1.165, 1.54) is 4.90 Å². The van der Waals surface area contributed by atoms with E-state index in [-0.39, 0.29) is 18.9 Å². The number of aliphatic hydroxyl groups excluding tert-OH is 1. The summed E-state index contributed by atoms with van der Waals surface area (Å²) in [5.41, 5.74) is 0.415. The quantitative estimate of drug-likeness (QED) is 0.857. The summed E-state index contributed by atoms with van der Waals surface area (Å²) in [6, 6.07) is 5.73. The Bertz CT molecular complexity index is 473. The lowest BCUT2D eigenvalue weighted by Gasteiger charge is -2.21. The minimum absolute atomic E-state index is 0.0614. The van der Waals surface area contributed by atoms with Crippen LogP contribution in [0.3, 0.4) is 0 Å². The van der Waals surface area contributed by atoms with E-state index < -0.39 is 18.1 Å². The predicted octanol–water partition coefficient (Wildman–Crippen LogP) is 1.11. The molecule has 0 spiro atoms. The minimum Gasteiger partial charge on any atom is -0.480 e. The average Bonchev–Trinajstić information content (AvgIpc) is 2.71. The molecule has 2 atom stereocenters. The van der Waals surface area contributed by atoms with Crippen LogP contribution < -0.4 is 0 Å². The molecule has 1 saturated heterocycles. The molecule has 96 valence electrons. The molecule has 0 bridgehead atoms. The van der Waals surface area contributed by atoms with Crippen LogP contribution in [0.5, 0.6) is 0 Å². The molecule has 18 heavy (non-hydrogen) atoms. The molecule has 1 aliphatic heterocycles. The number of carboxylic acid groups (broad SMARTS) is 1. The van der Waals surface area contributed by atoms with E-state index in [1.807, 2.05) is 0 Å². The van der Waals surface area contributed by atoms with Gasteiger partial charge in [-0.1, -0.05) is 15.9 Å². The maximum absolute atomic E-state index is 12.2. The number of rotatable bonds is 2. The molecule has 5 nitrogen and oxygen atoms in total. The van der Waals surface area contributed by atoms with E-state index in [0.29, 0.717) is 5.56 Å². The van der Waals surface area contributed by atoms with Gasteiger partial charge in [0.25, 0.3) is 5.91 Å². The predicted molar refractivity (Wildman–Crippen MR) is 67.2 cm³/mol. The summed E-state index contributed by atoms with van der Waals surface area (Å²) in [5, 5.41) is 18.5. The van der Waals surface area contributed by atoms with Gasteiger partial charge in [-0.15, -0.1) is 0 Å². The summed E-state index contributed by atoms with van der Waals surface area (Å²) in [6.45, 7) is 0.0614. The fraction of sp³-hybridized carbons (Fsp3) is 0.333. The van der Waals surface area contributed by atoms with Crippen LogP contribution in [0.25, 0.3) is 0 Å². The van der Waals surface area contributed by atoms with Crippen molar-refractivity contribution in [2.45, 2.75) is 18.6 Å². The molecule has 0 aromatic heterocycles. The molecule has 2 N–H and O–H groups in total. The molecule has 1 fully saturated rings. The molecule has 2 unspecified atom stereocenters. The Balaban J connectivity index is 2.22. The van der Waals surface area contributed by atoms with Gasteiger partial charge >= 0.3 is 5.97 Å². The number of aliphatic carboxylic acids is 1. The van der Waals surface area contributed by atoms with Crippen molar-refractivity contribution >= 4 is 27.8 Å². The number of amides is 1. The zero-order chi connectivity index (χ0) is 13.3. The number of β-amino-alcohol motifs (C(OH)–C–C–N with tert-alkyl or cyclic N) is 1. The Labute approximate surface area is 112 Å². The Hall–Kier alpha value is -1.40. The number of nitrogens with zero attached hydrogens (tertiary/aromatic N) is 1. The summed E-state index contributed by atoms with van der Waals surface area (Å²) >= 11 is 3.26. The van der Waals surface area contributed by atoms with E-state index >= 15 is 0 Å². The van der Waals surface area contributed by atoms with Crippen LogP contribution in [0.1, 0.15) is 16.8 Å². The Morgan fingerprint density at radius 1 is 1.28 bits per heavy atom. The third kappa shape index (κ3) is 2.54. The van der Waals surface area contributed by atoms with Gasteiger partial charge in [0, 0.05) is 23.0 Å². The van der Waals surface area contributed by atoms with E-state index in [2.05, 4.69) is 15.9 Å². The summed E-state index contributed by atoms with van der Waals surface area (Å²) in [6.07, 6.45) is -0.692. The summed E-state index contributed by atoms with van der Waals surface area (Å²) in [4.78, 5) is 24.4. The molecule has 0 radical (unpaired) electrons. The summed E-state index contributed by atoms with van der Waals surface area (Å²) < 4.78 is 0.843. The van der Waals surface area contributed by atoms with Crippen molar-refractivity contribution in [3.63, 3.8) is 0 Å². The number of benzene rings is 1. The van der Waals surface area contributed by atoms with Crippen LogP contribution in [-0.4, -0.2) is 45.7 Å². The second-order valence-corrected chi connectivity index (χ2v) is 5.12. The lowest BCUT2D eigenvalue weighted by molar-refractivity contribution is -0.141. The van der Waals surface area contributed by atoms with Crippen LogP contribution >= 0.6 is 15.9 Å². The zero-order valence-electron chi connectivity index (χ0n) is 9.41. The fourth-order valence-corrected chi connectivity index (χ4v) is 2.29. The largest absolute Gasteiger partial charge is 0.480 e. The molecule has 6 heteroatoms. The van der Waals surface area contributed by atoms with Gasteiger partial charge in [0.05, 0.1) is 6.10 Å². The topological polar surface area (TPSA) is 77.8 Å². The molecule has 1 aromatic rings. The molecule has 0 aliphatic carbocycles. The number of carbonyl (C=O) groups is 2. The van der Waals surface area contributed by atoms with Crippen LogP contribution in [0, 0.1) is 0 Å². The molecule has 1 aromatic carbocycles. The number of carbonyl (C=O) groups excluding carboxylic acids is 1. The van der Waals surface area contributed by atoms with Gasteiger partial charge in [0.15, 0.2) is 0 Å². The van der Waals surface area contributed by atoms with E-state index in [4.69, 9.17) is 5.11 Å². The highest BCUT2D eigenvalue weighted by molar-refractivity contribution is 9.10. The summed E-state index contributed by atoms with van der Waals surface area (Å²) in [7, 11) is 0. The molecule has 0 saturated carbocycles. The SMILES string of the molecule is O=C(O)C1CC(O)CN1C(=O)c1ccc(Br)cc1. The second-order valence-electron chi connectivity index (χ2n) is 4.21. The van der Waals surface area contributed by atoms with Crippen LogP contribution in [0.4, 0.5) is 0 Å². The number of aliphatic hydroxyl groups is 1. The molecule has 1 heterocycles. The lowest BCUT2D eigenvalue weighted by Crippen LogP contribution is -2.40. The summed E-state index contributed by atoms with van der Waals surface area (Å²) in [5.74, 6) is -1.46. The maximum Gasteiger partial charge on any atom is 0.326 e. The van der Waals surface area contributed by atoms with Gasteiger partial charge in [-0.05, 0) is 24.3 Å². The Kier molecular flexibility index (Phi) is 3.68. The maximum atomic E-state index is 12.2. The van der Waals surface area contributed by atoms with Crippen molar-refractivity contribution in [1.82, 2.24) is 4.90 Å². The molecule has 1 aliphatic rings. The van der Waals surface area contributed by atoms with Gasteiger partial charge in [-0.3, -0.25) is 4.79 Å². The van der Waals surface area contributed by atoms with E-state index in [0.717, 1.165) is 4.47 Å². The van der Waals surface area contributed by atoms with Gasteiger partial charge in [0.2, 0.25) is 0 Å². The first kappa shape index (κ1) is 13.0. The highest BCUT2D eigenvalue weighted by atomic mass is 79.9. The van der Waals surface area contributed by atoms with Crippen molar-refractivity contribution in [3.8, 4) is 0 Å². The monoisotopic (exact) mass is 313 g/mol. The first-order valence-corrected chi connectivity index (χ1v) is 6.25. The first-order valence-electron chi connectivity index (χ1n) is 5.46. The van der Waals surface area contributed by atoms with Gasteiger partial charge in [0.1, 0.15) is 6.04 Å². The minimum atomic E-state index is -1.09. The second kappa shape index (κ2) is 5.07. The highest BCUT2D eigenvalue weighted by Crippen LogP contribution is 2.21. The van der Waals surface area contributed by atoms with Gasteiger partial charge in [-0.2, -0.15) is 0 Å². The number of hydrogen-bond acceptors (Lipinski definition) is 3. The number of carboxylic acids is 1. The molecule has 2 rings (SSSR count). The van der Waals surface area contributed by atoms with Crippen molar-refractivity contribution < 1.29 is 19.8 Å². The van der Waals surface area contributed by atoms with E-state index in [1.54, 1.807) is 24.3 Å². The van der Waals surface area contributed by atoms with Crippen molar-refractivity contribution in [3.05, 3.63) is 34.3 Å². The Morgan fingerprint density at radius 3 is 2.44 bits per heavy atom. The van der Waals surface area contributed by atoms with Gasteiger partial charge in [-0.25, -0.2) is 4.79 Å². The highest BCUT2D eigenvalue weighted by Gasteiger charge is 2.39. The van der Waals surface area contributed by atoms with Crippen molar-refractivity contribution in [2.75, 3.05) is 6.54 Å². The number of likely N-dealkylation sites (tertiary alicyclic amines) is 1. The normalized spacial score (nSPS) is 23.1. The smallest absolute Gasteiger partial charge is 0.326 e. The van der Waals surface area contributed by atoms with Crippen molar-refractivity contribution in [1.29, 1.82) is 0 Å². The number of halogens is 1. The van der Waals surface area contributed by atoms with E-state index in [9.17, 15) is 14.7 Å². The van der Waals surface area contributed by atoms with Crippen LogP contribution in [0.15, 0.2) is 28.7 Å². The fourth-order valence-electron chi connectivity index (χ4n) is 2.03. The van der Waals surface area contributed by atoms with Crippen LogP contribution in [-0.2, 0) is 4.79 Å². The molecule has 1 amide bonds. The first-order chi connectivity index (χ1) is 8.49. The van der Waals surface area contributed by atoms with Gasteiger partial charge < -0.3 is 15.1 Å². The Morgan fingerprint density at radius 2 is 1.89 bits per heavy atom. The van der Waals surface area contributed by atoms with Crippen LogP contribution in [0.2, 0.25) is 0 Å². The zero-order valence-corrected chi connectivity index (χ0v) is 11.0.